The van der Waals surface area contributed by atoms with Gasteiger partial charge in [-0.15, -0.1) is 0 Å². The molecule has 2 amide bonds. The molecule has 1 atom stereocenters. The number of hydrogen-bond acceptors (Lipinski definition) is 3. The number of carbonyl (C=O) groups is 2. The summed E-state index contributed by atoms with van der Waals surface area (Å²) in [6.07, 6.45) is 4.77. The maximum absolute atomic E-state index is 13.6. The van der Waals surface area contributed by atoms with E-state index in [1.165, 1.54) is 0 Å². The number of carbonyl (C=O) groups excluding carboxylic acids is 2. The Morgan fingerprint density at radius 1 is 1.10 bits per heavy atom. The van der Waals surface area contributed by atoms with Gasteiger partial charge >= 0.3 is 0 Å². The third-order valence-corrected chi connectivity index (χ3v) is 6.98. The molecule has 5 nitrogen and oxygen atoms in total. The number of fused-ring (bicyclic) bond motifs is 1. The lowest BCUT2D eigenvalue weighted by Crippen LogP contribution is -2.63. The van der Waals surface area contributed by atoms with Crippen molar-refractivity contribution < 1.29 is 14.3 Å². The van der Waals surface area contributed by atoms with Crippen LogP contribution in [0.5, 0.6) is 5.75 Å². The van der Waals surface area contributed by atoms with E-state index in [9.17, 15) is 9.59 Å². The van der Waals surface area contributed by atoms with E-state index in [0.717, 1.165) is 42.6 Å². The second kappa shape index (κ2) is 8.74. The van der Waals surface area contributed by atoms with Crippen molar-refractivity contribution >= 4 is 11.8 Å². The second-order valence-electron chi connectivity index (χ2n) is 9.24. The van der Waals surface area contributed by atoms with Crippen molar-refractivity contribution in [1.82, 2.24) is 10.2 Å². The summed E-state index contributed by atoms with van der Waals surface area (Å²) >= 11 is 0. The van der Waals surface area contributed by atoms with Crippen LogP contribution >= 0.6 is 0 Å². The number of benzene rings is 2. The van der Waals surface area contributed by atoms with E-state index in [2.05, 4.69) is 12.2 Å². The Bertz CT molecular complexity index is 965. The third kappa shape index (κ3) is 4.18. The predicted octanol–water partition coefficient (Wildman–Crippen LogP) is 4.35. The standard InChI is InChI=1S/C26H32N2O3/c1-18-12-14-21(15-13-18)27-25(30)26(2)16-19-8-4-6-10-22(19)24(29)28(26)17-20-9-5-7-11-23(20)31-3/h4-11,18,21H,12-17H2,1-3H3,(H,27,30). The molecule has 1 saturated carbocycles. The van der Waals surface area contributed by atoms with Crippen LogP contribution in [0.15, 0.2) is 48.5 Å². The van der Waals surface area contributed by atoms with E-state index in [4.69, 9.17) is 4.74 Å². The maximum Gasteiger partial charge on any atom is 0.255 e. The molecule has 2 aromatic rings. The molecule has 0 radical (unpaired) electrons. The van der Waals surface area contributed by atoms with E-state index < -0.39 is 5.54 Å². The topological polar surface area (TPSA) is 58.6 Å². The zero-order valence-corrected chi connectivity index (χ0v) is 18.7. The molecule has 0 bridgehead atoms. The molecule has 1 heterocycles. The average molecular weight is 421 g/mol. The highest BCUT2D eigenvalue weighted by atomic mass is 16.5. The molecule has 31 heavy (non-hydrogen) atoms. The fraction of sp³-hybridized carbons (Fsp3) is 0.462. The third-order valence-electron chi connectivity index (χ3n) is 6.98. The summed E-state index contributed by atoms with van der Waals surface area (Å²) in [5.41, 5.74) is 1.53. The molecule has 5 heteroatoms. The molecular formula is C26H32N2O3. The Balaban J connectivity index is 1.66. The van der Waals surface area contributed by atoms with Crippen LogP contribution in [0.3, 0.4) is 0 Å². The minimum atomic E-state index is -0.963. The number of ether oxygens (including phenoxy) is 1. The Morgan fingerprint density at radius 3 is 2.52 bits per heavy atom. The Hall–Kier alpha value is -2.82. The van der Waals surface area contributed by atoms with Gasteiger partial charge in [-0.2, -0.15) is 0 Å². The molecule has 4 rings (SSSR count). The van der Waals surface area contributed by atoms with Gasteiger partial charge in [0.15, 0.2) is 0 Å². The van der Waals surface area contributed by atoms with Crippen LogP contribution in [0.25, 0.3) is 0 Å². The van der Waals surface area contributed by atoms with Crippen LogP contribution in [-0.2, 0) is 17.8 Å². The Labute approximate surface area is 184 Å². The van der Waals surface area contributed by atoms with Gasteiger partial charge in [-0.05, 0) is 56.2 Å². The molecule has 0 aromatic heterocycles. The summed E-state index contributed by atoms with van der Waals surface area (Å²) in [6, 6.07) is 15.5. The van der Waals surface area contributed by atoms with Crippen molar-refractivity contribution in [3.63, 3.8) is 0 Å². The van der Waals surface area contributed by atoms with Crippen LogP contribution in [-0.4, -0.2) is 35.4 Å². The first-order chi connectivity index (χ1) is 14.9. The van der Waals surface area contributed by atoms with E-state index >= 15 is 0 Å². The molecule has 1 fully saturated rings. The van der Waals surface area contributed by atoms with Gasteiger partial charge in [0.25, 0.3) is 5.91 Å². The van der Waals surface area contributed by atoms with E-state index in [-0.39, 0.29) is 17.9 Å². The Kier molecular flexibility index (Phi) is 6.03. The largest absolute Gasteiger partial charge is 0.496 e. The minimum Gasteiger partial charge on any atom is -0.496 e. The first kappa shape index (κ1) is 21.4. The monoisotopic (exact) mass is 420 g/mol. The van der Waals surface area contributed by atoms with Gasteiger partial charge in [0.1, 0.15) is 11.3 Å². The van der Waals surface area contributed by atoms with Crippen LogP contribution < -0.4 is 10.1 Å². The van der Waals surface area contributed by atoms with Gasteiger partial charge in [0.2, 0.25) is 5.91 Å². The molecule has 2 aliphatic rings. The summed E-state index contributed by atoms with van der Waals surface area (Å²) in [6.45, 7) is 4.49. The molecule has 2 aromatic carbocycles. The summed E-state index contributed by atoms with van der Waals surface area (Å²) in [5, 5.41) is 3.28. The number of nitrogens with zero attached hydrogens (tertiary/aromatic N) is 1. The normalized spacial score (nSPS) is 25.6. The molecule has 164 valence electrons. The lowest BCUT2D eigenvalue weighted by molar-refractivity contribution is -0.133. The van der Waals surface area contributed by atoms with Gasteiger partial charge in [-0.25, -0.2) is 0 Å². The van der Waals surface area contributed by atoms with Crippen molar-refractivity contribution in [1.29, 1.82) is 0 Å². The molecule has 0 saturated heterocycles. The van der Waals surface area contributed by atoms with Crippen molar-refractivity contribution in [3.8, 4) is 5.75 Å². The molecule has 1 N–H and O–H groups in total. The van der Waals surface area contributed by atoms with E-state index in [1.54, 1.807) is 12.0 Å². The minimum absolute atomic E-state index is 0.0650. The van der Waals surface area contributed by atoms with Gasteiger partial charge in [-0.1, -0.05) is 43.3 Å². The highest BCUT2D eigenvalue weighted by Gasteiger charge is 2.47. The number of hydrogen-bond donors (Lipinski definition) is 1. The van der Waals surface area contributed by atoms with E-state index in [1.807, 2.05) is 55.5 Å². The highest BCUT2D eigenvalue weighted by Crippen LogP contribution is 2.35. The molecular weight excluding hydrogens is 388 g/mol. The van der Waals surface area contributed by atoms with Crippen LogP contribution in [0.1, 0.15) is 61.0 Å². The molecule has 1 unspecified atom stereocenters. The maximum atomic E-state index is 13.6. The van der Waals surface area contributed by atoms with Crippen molar-refractivity contribution in [3.05, 3.63) is 65.2 Å². The lowest BCUT2D eigenvalue weighted by Gasteiger charge is -2.45. The first-order valence-corrected chi connectivity index (χ1v) is 11.2. The van der Waals surface area contributed by atoms with Crippen LogP contribution in [0.2, 0.25) is 0 Å². The second-order valence-corrected chi connectivity index (χ2v) is 9.24. The van der Waals surface area contributed by atoms with Crippen molar-refractivity contribution in [2.24, 2.45) is 5.92 Å². The summed E-state index contributed by atoms with van der Waals surface area (Å²) in [5.74, 6) is 1.26. The van der Waals surface area contributed by atoms with Gasteiger partial charge in [-0.3, -0.25) is 9.59 Å². The molecule has 1 aliphatic heterocycles. The SMILES string of the molecule is COc1ccccc1CN1C(=O)c2ccccc2CC1(C)C(=O)NC1CCC(C)CC1. The average Bonchev–Trinajstić information content (AvgIpc) is 2.78. The van der Waals surface area contributed by atoms with Crippen LogP contribution in [0, 0.1) is 5.92 Å². The fourth-order valence-electron chi connectivity index (χ4n) is 4.92. The summed E-state index contributed by atoms with van der Waals surface area (Å²) in [7, 11) is 1.63. The first-order valence-electron chi connectivity index (χ1n) is 11.2. The summed E-state index contributed by atoms with van der Waals surface area (Å²) in [4.78, 5) is 29.0. The number of para-hydroxylation sites is 1. The zero-order valence-electron chi connectivity index (χ0n) is 18.7. The predicted molar refractivity (Wildman–Crippen MR) is 121 cm³/mol. The number of rotatable bonds is 5. The highest BCUT2D eigenvalue weighted by molar-refractivity contribution is 6.02. The summed E-state index contributed by atoms with van der Waals surface area (Å²) < 4.78 is 5.51. The zero-order chi connectivity index (χ0) is 22.0. The number of nitrogens with one attached hydrogen (secondary N) is 1. The lowest BCUT2D eigenvalue weighted by atomic mass is 9.81. The van der Waals surface area contributed by atoms with Crippen molar-refractivity contribution in [2.45, 2.75) is 64.1 Å². The van der Waals surface area contributed by atoms with E-state index in [0.29, 0.717) is 24.4 Å². The Morgan fingerprint density at radius 2 is 1.77 bits per heavy atom. The molecule has 0 spiro atoms. The number of methoxy groups -OCH3 is 1. The number of amides is 2. The van der Waals surface area contributed by atoms with Gasteiger partial charge in [0, 0.05) is 23.6 Å². The van der Waals surface area contributed by atoms with Crippen molar-refractivity contribution in [2.75, 3.05) is 7.11 Å². The van der Waals surface area contributed by atoms with Crippen LogP contribution in [0.4, 0.5) is 0 Å². The van der Waals surface area contributed by atoms with Gasteiger partial charge < -0.3 is 15.0 Å². The quantitative estimate of drug-likeness (QED) is 0.782. The smallest absolute Gasteiger partial charge is 0.255 e. The van der Waals surface area contributed by atoms with Gasteiger partial charge in [0.05, 0.1) is 13.7 Å². The fourth-order valence-corrected chi connectivity index (χ4v) is 4.92. The molecule has 1 aliphatic carbocycles.